The molecule has 30 heavy (non-hydrogen) atoms. The summed E-state index contributed by atoms with van der Waals surface area (Å²) in [6, 6.07) is 16.2. The first-order chi connectivity index (χ1) is 14.4. The van der Waals surface area contributed by atoms with Crippen molar-refractivity contribution < 1.29 is 14.7 Å². The Kier molecular flexibility index (Phi) is 6.83. The van der Waals surface area contributed by atoms with E-state index in [2.05, 4.69) is 11.1 Å². The van der Waals surface area contributed by atoms with E-state index in [-0.39, 0.29) is 18.7 Å². The SMILES string of the molecule is CN(C(=O)[C@@H](CC(=O)O)Cc1ccccc1C#N)c1nc(-c2ccccc2Cl)cs1. The molecule has 0 aliphatic rings. The third-order valence-electron chi connectivity index (χ3n) is 4.63. The molecule has 0 unspecified atom stereocenters. The second-order valence-corrected chi connectivity index (χ2v) is 7.90. The van der Waals surface area contributed by atoms with Gasteiger partial charge in [-0.25, -0.2) is 4.98 Å². The smallest absolute Gasteiger partial charge is 0.304 e. The molecule has 0 bridgehead atoms. The fraction of sp³-hybridized carbons (Fsp3) is 0.182. The maximum atomic E-state index is 13.1. The molecule has 2 aromatic carbocycles. The Bertz CT molecular complexity index is 1120. The zero-order chi connectivity index (χ0) is 21.7. The van der Waals surface area contributed by atoms with Crippen LogP contribution in [0.15, 0.2) is 53.9 Å². The average Bonchev–Trinajstić information content (AvgIpc) is 3.22. The molecule has 1 N–H and O–H groups in total. The van der Waals surface area contributed by atoms with Gasteiger partial charge < -0.3 is 5.11 Å². The summed E-state index contributed by atoms with van der Waals surface area (Å²) in [5.41, 5.74) is 2.47. The first kappa shape index (κ1) is 21.5. The number of aliphatic carboxylic acids is 1. The molecule has 6 nitrogen and oxygen atoms in total. The van der Waals surface area contributed by atoms with E-state index >= 15 is 0 Å². The van der Waals surface area contributed by atoms with Crippen LogP contribution < -0.4 is 4.90 Å². The van der Waals surface area contributed by atoms with Crippen molar-refractivity contribution in [3.63, 3.8) is 0 Å². The monoisotopic (exact) mass is 439 g/mol. The molecule has 1 aromatic heterocycles. The normalized spacial score (nSPS) is 11.5. The topological polar surface area (TPSA) is 94.3 Å². The first-order valence-electron chi connectivity index (χ1n) is 9.08. The molecular weight excluding hydrogens is 422 g/mol. The van der Waals surface area contributed by atoms with Crippen molar-refractivity contribution in [1.82, 2.24) is 4.98 Å². The molecule has 0 fully saturated rings. The summed E-state index contributed by atoms with van der Waals surface area (Å²) < 4.78 is 0. The highest BCUT2D eigenvalue weighted by molar-refractivity contribution is 7.14. The fourth-order valence-electron chi connectivity index (χ4n) is 3.11. The largest absolute Gasteiger partial charge is 0.481 e. The molecule has 3 rings (SSSR count). The van der Waals surface area contributed by atoms with Crippen LogP contribution >= 0.6 is 22.9 Å². The number of halogens is 1. The van der Waals surface area contributed by atoms with E-state index in [1.807, 2.05) is 18.2 Å². The summed E-state index contributed by atoms with van der Waals surface area (Å²) in [7, 11) is 1.57. The number of rotatable bonds is 7. The van der Waals surface area contributed by atoms with Crippen LogP contribution in [0.2, 0.25) is 5.02 Å². The van der Waals surface area contributed by atoms with Gasteiger partial charge in [-0.05, 0) is 24.1 Å². The number of carbonyl (C=O) groups is 2. The zero-order valence-corrected chi connectivity index (χ0v) is 17.7. The third kappa shape index (κ3) is 4.85. The Morgan fingerprint density at radius 2 is 1.93 bits per heavy atom. The molecular formula is C22H18ClN3O3S. The van der Waals surface area contributed by atoms with E-state index in [0.717, 1.165) is 5.56 Å². The minimum atomic E-state index is -1.08. The summed E-state index contributed by atoms with van der Waals surface area (Å²) in [5, 5.41) is 21.4. The van der Waals surface area contributed by atoms with Crippen molar-refractivity contribution >= 4 is 39.9 Å². The van der Waals surface area contributed by atoms with E-state index in [9.17, 15) is 20.0 Å². The van der Waals surface area contributed by atoms with Gasteiger partial charge in [-0.3, -0.25) is 14.5 Å². The lowest BCUT2D eigenvalue weighted by molar-refractivity contribution is -0.140. The Balaban J connectivity index is 1.85. The molecule has 0 spiro atoms. The maximum Gasteiger partial charge on any atom is 0.304 e. The van der Waals surface area contributed by atoms with Gasteiger partial charge in [0.05, 0.1) is 29.7 Å². The Hall–Kier alpha value is -3.21. The maximum absolute atomic E-state index is 13.1. The minimum Gasteiger partial charge on any atom is -0.481 e. The van der Waals surface area contributed by atoms with Gasteiger partial charge in [0.1, 0.15) is 0 Å². The summed E-state index contributed by atoms with van der Waals surface area (Å²) in [6.07, 6.45) is -0.187. The van der Waals surface area contributed by atoms with Gasteiger partial charge in [0, 0.05) is 23.0 Å². The van der Waals surface area contributed by atoms with Gasteiger partial charge in [-0.1, -0.05) is 48.0 Å². The van der Waals surface area contributed by atoms with E-state index in [1.54, 1.807) is 42.8 Å². The lowest BCUT2D eigenvalue weighted by Crippen LogP contribution is -2.35. The number of nitriles is 1. The highest BCUT2D eigenvalue weighted by Gasteiger charge is 2.28. The number of carboxylic acids is 1. The highest BCUT2D eigenvalue weighted by atomic mass is 35.5. The van der Waals surface area contributed by atoms with Crippen molar-refractivity contribution in [2.24, 2.45) is 5.92 Å². The molecule has 0 aliphatic heterocycles. The number of anilines is 1. The number of nitrogens with zero attached hydrogens (tertiary/aromatic N) is 3. The number of hydrogen-bond donors (Lipinski definition) is 1. The predicted molar refractivity (Wildman–Crippen MR) is 117 cm³/mol. The van der Waals surface area contributed by atoms with Crippen LogP contribution in [0.5, 0.6) is 0 Å². The molecule has 1 heterocycles. The zero-order valence-electron chi connectivity index (χ0n) is 16.1. The molecule has 0 saturated heterocycles. The van der Waals surface area contributed by atoms with Crippen molar-refractivity contribution in [1.29, 1.82) is 5.26 Å². The van der Waals surface area contributed by atoms with Crippen LogP contribution in [0.3, 0.4) is 0 Å². The average molecular weight is 440 g/mol. The van der Waals surface area contributed by atoms with E-state index in [1.165, 1.54) is 16.2 Å². The summed E-state index contributed by atoms with van der Waals surface area (Å²) in [6.45, 7) is 0. The molecule has 0 radical (unpaired) electrons. The van der Waals surface area contributed by atoms with Crippen LogP contribution in [0, 0.1) is 17.2 Å². The Labute approximate surface area is 183 Å². The lowest BCUT2D eigenvalue weighted by Gasteiger charge is -2.21. The van der Waals surface area contributed by atoms with Gasteiger partial charge >= 0.3 is 5.97 Å². The summed E-state index contributed by atoms with van der Waals surface area (Å²) in [4.78, 5) is 30.4. The van der Waals surface area contributed by atoms with Crippen LogP contribution in [0.4, 0.5) is 5.13 Å². The number of thiazole rings is 1. The number of amides is 1. The molecule has 152 valence electrons. The number of carboxylic acid groups (broad SMARTS) is 1. The van der Waals surface area contributed by atoms with Gasteiger partial charge in [0.25, 0.3) is 0 Å². The lowest BCUT2D eigenvalue weighted by atomic mass is 9.92. The quantitative estimate of drug-likeness (QED) is 0.579. The van der Waals surface area contributed by atoms with Crippen LogP contribution in [-0.2, 0) is 16.0 Å². The van der Waals surface area contributed by atoms with Crippen LogP contribution in [-0.4, -0.2) is 29.0 Å². The number of aromatic nitrogens is 1. The fourth-order valence-corrected chi connectivity index (χ4v) is 4.14. The standard InChI is InChI=1S/C22H18ClN3O3S/c1-26(22-25-19(13-30-22)17-8-4-5-9-18(17)23)21(29)16(11-20(27)28)10-14-6-2-3-7-15(14)12-24/h2-9,13,16H,10-11H2,1H3,(H,27,28)/t16-/m1/s1. The molecule has 8 heteroatoms. The van der Waals surface area contributed by atoms with Crippen molar-refractivity contribution in [2.45, 2.75) is 12.8 Å². The van der Waals surface area contributed by atoms with Gasteiger partial charge in [-0.15, -0.1) is 11.3 Å². The van der Waals surface area contributed by atoms with E-state index in [4.69, 9.17) is 11.6 Å². The van der Waals surface area contributed by atoms with Crippen LogP contribution in [0.1, 0.15) is 17.5 Å². The number of benzene rings is 2. The molecule has 1 atom stereocenters. The van der Waals surface area contributed by atoms with Crippen molar-refractivity contribution in [3.05, 3.63) is 70.1 Å². The molecule has 1 amide bonds. The second-order valence-electron chi connectivity index (χ2n) is 6.66. The molecule has 3 aromatic rings. The first-order valence-corrected chi connectivity index (χ1v) is 10.3. The van der Waals surface area contributed by atoms with Gasteiger partial charge in [-0.2, -0.15) is 5.26 Å². The van der Waals surface area contributed by atoms with Gasteiger partial charge in [0.15, 0.2) is 5.13 Å². The summed E-state index contributed by atoms with van der Waals surface area (Å²) >= 11 is 7.50. The highest BCUT2D eigenvalue weighted by Crippen LogP contribution is 2.32. The number of carbonyl (C=O) groups excluding carboxylic acids is 1. The summed E-state index contributed by atoms with van der Waals surface area (Å²) in [5.74, 6) is -2.27. The van der Waals surface area contributed by atoms with E-state index < -0.39 is 11.9 Å². The van der Waals surface area contributed by atoms with Crippen molar-refractivity contribution in [2.75, 3.05) is 11.9 Å². The Morgan fingerprint density at radius 3 is 2.63 bits per heavy atom. The van der Waals surface area contributed by atoms with Crippen molar-refractivity contribution in [3.8, 4) is 17.3 Å². The minimum absolute atomic E-state index is 0.155. The molecule has 0 aliphatic carbocycles. The second kappa shape index (κ2) is 9.53. The third-order valence-corrected chi connectivity index (χ3v) is 5.88. The molecule has 0 saturated carbocycles. The predicted octanol–water partition coefficient (Wildman–Crippen LogP) is 4.63. The number of hydrogen-bond acceptors (Lipinski definition) is 5. The van der Waals surface area contributed by atoms with E-state index in [0.29, 0.717) is 27.0 Å². The van der Waals surface area contributed by atoms with Crippen LogP contribution in [0.25, 0.3) is 11.3 Å². The van der Waals surface area contributed by atoms with Gasteiger partial charge in [0.2, 0.25) is 5.91 Å². The Morgan fingerprint density at radius 1 is 1.23 bits per heavy atom.